The molecule has 0 saturated carbocycles. The fraction of sp³-hybridized carbons (Fsp3) is 0.957. The first-order valence-corrected chi connectivity index (χ1v) is 22.8. The lowest BCUT2D eigenvalue weighted by atomic mass is 10.0. The molecule has 0 heterocycles. The van der Waals surface area contributed by atoms with E-state index in [0.29, 0.717) is 12.8 Å². The molecule has 0 aliphatic carbocycles. The normalized spacial score (nSPS) is 12.2. The topological polar surface area (TPSA) is 72.8 Å². The average molecular weight is 723 g/mol. The second kappa shape index (κ2) is 40.1. The van der Waals surface area contributed by atoms with Crippen molar-refractivity contribution >= 4 is 11.9 Å². The Balaban J connectivity index is 3.45. The van der Waals surface area contributed by atoms with Gasteiger partial charge < -0.3 is 14.6 Å². The molecule has 0 aromatic carbocycles. The highest BCUT2D eigenvalue weighted by atomic mass is 16.6. The van der Waals surface area contributed by atoms with E-state index in [4.69, 9.17) is 9.47 Å². The second-order valence-corrected chi connectivity index (χ2v) is 16.8. The Morgan fingerprint density at radius 1 is 0.392 bits per heavy atom. The van der Waals surface area contributed by atoms with E-state index in [1.54, 1.807) is 0 Å². The number of aliphatic hydroxyl groups is 1. The van der Waals surface area contributed by atoms with Crippen LogP contribution in [0.5, 0.6) is 0 Å². The van der Waals surface area contributed by atoms with Crippen molar-refractivity contribution in [2.45, 2.75) is 259 Å². The Kier molecular flexibility index (Phi) is 39.2. The molecule has 1 N–H and O–H groups in total. The van der Waals surface area contributed by atoms with Gasteiger partial charge in [-0.05, 0) is 24.7 Å². The van der Waals surface area contributed by atoms with Crippen LogP contribution in [0.25, 0.3) is 0 Å². The summed E-state index contributed by atoms with van der Waals surface area (Å²) in [6, 6.07) is 0. The number of unbranched alkanes of at least 4 members (excludes halogenated alkanes) is 29. The minimum atomic E-state index is -0.763. The van der Waals surface area contributed by atoms with Gasteiger partial charge in [-0.1, -0.05) is 227 Å². The summed E-state index contributed by atoms with van der Waals surface area (Å²) in [5, 5.41) is 9.59. The van der Waals surface area contributed by atoms with Gasteiger partial charge in [-0.3, -0.25) is 9.59 Å². The smallest absolute Gasteiger partial charge is 0.306 e. The first kappa shape index (κ1) is 49.9. The second-order valence-electron chi connectivity index (χ2n) is 16.8. The largest absolute Gasteiger partial charge is 0.462 e. The van der Waals surface area contributed by atoms with Crippen LogP contribution in [0, 0.1) is 11.8 Å². The molecule has 0 aliphatic heterocycles. The van der Waals surface area contributed by atoms with Crippen molar-refractivity contribution < 1.29 is 24.2 Å². The molecule has 0 aromatic rings. The van der Waals surface area contributed by atoms with E-state index in [0.717, 1.165) is 43.9 Å². The van der Waals surface area contributed by atoms with Gasteiger partial charge in [0.1, 0.15) is 6.61 Å². The van der Waals surface area contributed by atoms with Crippen LogP contribution in [0.3, 0.4) is 0 Å². The van der Waals surface area contributed by atoms with Gasteiger partial charge in [-0.2, -0.15) is 0 Å². The molecule has 0 amide bonds. The molecule has 5 nitrogen and oxygen atoms in total. The van der Waals surface area contributed by atoms with Crippen LogP contribution in [0.15, 0.2) is 0 Å². The van der Waals surface area contributed by atoms with E-state index in [1.165, 1.54) is 180 Å². The third kappa shape index (κ3) is 41.5. The molecule has 304 valence electrons. The van der Waals surface area contributed by atoms with Crippen LogP contribution in [0.1, 0.15) is 252 Å². The van der Waals surface area contributed by atoms with E-state index >= 15 is 0 Å². The number of carbonyl (C=O) groups is 2. The molecule has 0 fully saturated rings. The summed E-state index contributed by atoms with van der Waals surface area (Å²) in [4.78, 5) is 24.3. The van der Waals surface area contributed by atoms with Crippen molar-refractivity contribution in [3.8, 4) is 0 Å². The van der Waals surface area contributed by atoms with Gasteiger partial charge in [0.25, 0.3) is 0 Å². The summed E-state index contributed by atoms with van der Waals surface area (Å²) >= 11 is 0. The van der Waals surface area contributed by atoms with E-state index in [1.807, 2.05) is 0 Å². The molecule has 0 aromatic heterocycles. The predicted molar refractivity (Wildman–Crippen MR) is 219 cm³/mol. The Morgan fingerprint density at radius 3 is 0.922 bits per heavy atom. The maximum atomic E-state index is 12.2. The SMILES string of the molecule is CC(C)CCCCCCCCCCCCCCCCCCCCC(=O)O[C@@H](CO)COC(=O)CCCCCCCCCCCCCCCC(C)C. The van der Waals surface area contributed by atoms with Gasteiger partial charge in [0.15, 0.2) is 6.10 Å². The summed E-state index contributed by atoms with van der Waals surface area (Å²) < 4.78 is 10.7. The van der Waals surface area contributed by atoms with Crippen LogP contribution in [0.4, 0.5) is 0 Å². The maximum absolute atomic E-state index is 12.2. The molecule has 0 bridgehead atoms. The zero-order chi connectivity index (χ0) is 37.5. The zero-order valence-corrected chi connectivity index (χ0v) is 35.0. The van der Waals surface area contributed by atoms with Crippen molar-refractivity contribution in [3.63, 3.8) is 0 Å². The number of aliphatic hydroxyl groups excluding tert-OH is 1. The Hall–Kier alpha value is -1.10. The Morgan fingerprint density at radius 2 is 0.647 bits per heavy atom. The van der Waals surface area contributed by atoms with E-state index < -0.39 is 6.10 Å². The monoisotopic (exact) mass is 723 g/mol. The molecule has 0 aliphatic rings. The summed E-state index contributed by atoms with van der Waals surface area (Å²) in [6.07, 6.45) is 43.2. The number of ether oxygens (including phenoxy) is 2. The van der Waals surface area contributed by atoms with Gasteiger partial charge in [-0.25, -0.2) is 0 Å². The molecule has 1 atom stereocenters. The summed E-state index contributed by atoms with van der Waals surface area (Å²) in [7, 11) is 0. The Labute approximate surface area is 319 Å². The lowest BCUT2D eigenvalue weighted by molar-refractivity contribution is -0.161. The first-order chi connectivity index (χ1) is 24.8. The lowest BCUT2D eigenvalue weighted by Gasteiger charge is -2.15. The summed E-state index contributed by atoms with van der Waals surface area (Å²) in [5.41, 5.74) is 0. The summed E-state index contributed by atoms with van der Waals surface area (Å²) in [5.74, 6) is 1.14. The van der Waals surface area contributed by atoms with Crippen LogP contribution in [-0.4, -0.2) is 36.4 Å². The Bertz CT molecular complexity index is 720. The highest BCUT2D eigenvalue weighted by Crippen LogP contribution is 2.17. The van der Waals surface area contributed by atoms with Crippen molar-refractivity contribution in [3.05, 3.63) is 0 Å². The molecule has 5 heteroatoms. The third-order valence-electron chi connectivity index (χ3n) is 10.5. The van der Waals surface area contributed by atoms with Gasteiger partial charge in [0.05, 0.1) is 6.61 Å². The highest BCUT2D eigenvalue weighted by molar-refractivity contribution is 5.70. The molecular formula is C46H90O5. The molecule has 0 rings (SSSR count). The van der Waals surface area contributed by atoms with Gasteiger partial charge >= 0.3 is 11.9 Å². The fourth-order valence-electron chi connectivity index (χ4n) is 7.04. The van der Waals surface area contributed by atoms with Crippen molar-refractivity contribution in [2.75, 3.05) is 13.2 Å². The van der Waals surface area contributed by atoms with Gasteiger partial charge in [0, 0.05) is 12.8 Å². The predicted octanol–water partition coefficient (Wildman–Crippen LogP) is 14.4. The van der Waals surface area contributed by atoms with E-state index in [9.17, 15) is 14.7 Å². The third-order valence-corrected chi connectivity index (χ3v) is 10.5. The molecule has 0 saturated heterocycles. The summed E-state index contributed by atoms with van der Waals surface area (Å²) in [6.45, 7) is 8.90. The first-order valence-electron chi connectivity index (χ1n) is 22.8. The van der Waals surface area contributed by atoms with Crippen LogP contribution < -0.4 is 0 Å². The number of hydrogen-bond donors (Lipinski definition) is 1. The van der Waals surface area contributed by atoms with Crippen LogP contribution in [-0.2, 0) is 19.1 Å². The van der Waals surface area contributed by atoms with Crippen molar-refractivity contribution in [1.29, 1.82) is 0 Å². The van der Waals surface area contributed by atoms with Crippen LogP contribution >= 0.6 is 0 Å². The zero-order valence-electron chi connectivity index (χ0n) is 35.0. The quantitative estimate of drug-likeness (QED) is 0.0502. The molecular weight excluding hydrogens is 633 g/mol. The minimum Gasteiger partial charge on any atom is -0.462 e. The fourth-order valence-corrected chi connectivity index (χ4v) is 7.04. The van der Waals surface area contributed by atoms with Crippen LogP contribution in [0.2, 0.25) is 0 Å². The van der Waals surface area contributed by atoms with Crippen molar-refractivity contribution in [2.24, 2.45) is 11.8 Å². The average Bonchev–Trinajstić information content (AvgIpc) is 3.10. The molecule has 0 radical (unpaired) electrons. The number of esters is 2. The molecule has 51 heavy (non-hydrogen) atoms. The standard InChI is InChI=1S/C46H90O5/c1-42(2)36-32-28-24-20-16-12-9-7-5-6-8-10-14-19-23-27-31-35-39-46(49)51-44(40-47)41-50-45(48)38-34-30-26-22-18-15-11-13-17-21-25-29-33-37-43(3)4/h42-44,47H,5-41H2,1-4H3/t44-/m0/s1. The van der Waals surface area contributed by atoms with E-state index in [-0.39, 0.29) is 25.2 Å². The lowest BCUT2D eigenvalue weighted by Crippen LogP contribution is -2.28. The van der Waals surface area contributed by atoms with Gasteiger partial charge in [0.2, 0.25) is 0 Å². The maximum Gasteiger partial charge on any atom is 0.306 e. The minimum absolute atomic E-state index is 0.0577. The molecule has 0 unspecified atom stereocenters. The number of carbonyl (C=O) groups excluding carboxylic acids is 2. The van der Waals surface area contributed by atoms with Crippen molar-refractivity contribution in [1.82, 2.24) is 0 Å². The van der Waals surface area contributed by atoms with E-state index in [2.05, 4.69) is 27.7 Å². The molecule has 0 spiro atoms. The highest BCUT2D eigenvalue weighted by Gasteiger charge is 2.16. The number of rotatable bonds is 41. The van der Waals surface area contributed by atoms with Gasteiger partial charge in [-0.15, -0.1) is 0 Å². The number of hydrogen-bond acceptors (Lipinski definition) is 5.